The minimum Gasteiger partial charge on any atom is -0.494 e. The second kappa shape index (κ2) is 9.71. The average molecular weight is 428 g/mol. The second-order valence-electron chi connectivity index (χ2n) is 7.34. The molecular weight excluding hydrogens is 402 g/mol. The van der Waals surface area contributed by atoms with Crippen LogP contribution in [0.1, 0.15) is 28.4 Å². The Morgan fingerprint density at radius 1 is 0.935 bits per heavy atom. The first-order chi connectivity index (χ1) is 15.1. The summed E-state index contributed by atoms with van der Waals surface area (Å²) in [6, 6.07) is 28.1. The lowest BCUT2D eigenvalue weighted by Gasteiger charge is -2.13. The number of nitrogens with one attached hydrogen (secondary N) is 1. The Hall–Kier alpha value is -3.24. The van der Waals surface area contributed by atoms with E-state index >= 15 is 0 Å². The van der Waals surface area contributed by atoms with Crippen molar-refractivity contribution in [2.24, 2.45) is 0 Å². The fraction of sp³-hybridized carbons (Fsp3) is 0.148. The molecule has 4 rings (SSSR count). The number of carbonyl (C=O) groups excluding carboxylic acids is 1. The quantitative estimate of drug-likeness (QED) is 0.320. The molecule has 0 bridgehead atoms. The minimum atomic E-state index is -0.124. The maximum atomic E-state index is 13.0. The smallest absolute Gasteiger partial charge is 0.255 e. The van der Waals surface area contributed by atoms with E-state index in [9.17, 15) is 4.79 Å². The van der Waals surface area contributed by atoms with Crippen molar-refractivity contribution in [2.75, 3.05) is 11.9 Å². The van der Waals surface area contributed by atoms with Gasteiger partial charge < -0.3 is 10.1 Å². The number of anilines is 1. The van der Waals surface area contributed by atoms with Gasteiger partial charge in [0, 0.05) is 32.8 Å². The van der Waals surface area contributed by atoms with Crippen LogP contribution in [0.25, 0.3) is 10.8 Å². The van der Waals surface area contributed by atoms with Crippen LogP contribution in [0.2, 0.25) is 0 Å². The molecule has 0 aliphatic rings. The molecule has 0 radical (unpaired) electrons. The summed E-state index contributed by atoms with van der Waals surface area (Å²) in [5.74, 6) is 1.43. The zero-order valence-corrected chi connectivity index (χ0v) is 18.5. The predicted octanol–water partition coefficient (Wildman–Crippen LogP) is 7.09. The van der Waals surface area contributed by atoms with Gasteiger partial charge in [-0.25, -0.2) is 0 Å². The molecule has 4 heteroatoms. The lowest BCUT2D eigenvalue weighted by molar-refractivity contribution is 0.102. The van der Waals surface area contributed by atoms with E-state index in [-0.39, 0.29) is 5.91 Å². The van der Waals surface area contributed by atoms with Crippen LogP contribution in [0.5, 0.6) is 5.75 Å². The Balaban J connectivity index is 1.56. The van der Waals surface area contributed by atoms with E-state index in [0.29, 0.717) is 12.2 Å². The normalized spacial score (nSPS) is 10.8. The highest BCUT2D eigenvalue weighted by Gasteiger charge is 2.13. The van der Waals surface area contributed by atoms with Crippen molar-refractivity contribution in [3.63, 3.8) is 0 Å². The Bertz CT molecular complexity index is 1200. The first-order valence-corrected chi connectivity index (χ1v) is 11.4. The number of benzene rings is 4. The molecule has 0 saturated carbocycles. The van der Waals surface area contributed by atoms with Crippen LogP contribution < -0.4 is 10.1 Å². The van der Waals surface area contributed by atoms with Gasteiger partial charge in [0.15, 0.2) is 0 Å². The predicted molar refractivity (Wildman–Crippen MR) is 130 cm³/mol. The maximum absolute atomic E-state index is 13.0. The summed E-state index contributed by atoms with van der Waals surface area (Å²) in [6.45, 7) is 4.64. The molecule has 0 saturated heterocycles. The number of aryl methyl sites for hydroxylation is 1. The van der Waals surface area contributed by atoms with Crippen molar-refractivity contribution in [2.45, 2.75) is 24.5 Å². The van der Waals surface area contributed by atoms with Gasteiger partial charge in [0.1, 0.15) is 5.75 Å². The number of hydrogen-bond donors (Lipinski definition) is 1. The molecule has 31 heavy (non-hydrogen) atoms. The molecule has 1 N–H and O–H groups in total. The Kier molecular flexibility index (Phi) is 6.58. The lowest BCUT2D eigenvalue weighted by Crippen LogP contribution is -2.12. The van der Waals surface area contributed by atoms with Crippen molar-refractivity contribution >= 4 is 34.1 Å². The van der Waals surface area contributed by atoms with E-state index in [1.54, 1.807) is 11.8 Å². The van der Waals surface area contributed by atoms with Crippen LogP contribution in [0, 0.1) is 6.92 Å². The molecule has 4 aromatic rings. The molecule has 0 fully saturated rings. The molecule has 0 atom stereocenters. The highest BCUT2D eigenvalue weighted by molar-refractivity contribution is 7.98. The zero-order chi connectivity index (χ0) is 21.6. The van der Waals surface area contributed by atoms with E-state index < -0.39 is 0 Å². The molecule has 3 nitrogen and oxygen atoms in total. The van der Waals surface area contributed by atoms with Crippen LogP contribution in [0.4, 0.5) is 5.69 Å². The molecule has 0 aliphatic heterocycles. The fourth-order valence-electron chi connectivity index (χ4n) is 3.45. The van der Waals surface area contributed by atoms with E-state index in [4.69, 9.17) is 4.74 Å². The number of hydrogen-bond acceptors (Lipinski definition) is 3. The summed E-state index contributed by atoms with van der Waals surface area (Å²) < 4.78 is 5.81. The number of amides is 1. The van der Waals surface area contributed by atoms with Gasteiger partial charge in [-0.3, -0.25) is 4.79 Å². The average Bonchev–Trinajstić information content (AvgIpc) is 2.80. The van der Waals surface area contributed by atoms with Gasteiger partial charge in [0.2, 0.25) is 0 Å². The van der Waals surface area contributed by atoms with Crippen molar-refractivity contribution in [3.8, 4) is 5.75 Å². The van der Waals surface area contributed by atoms with Gasteiger partial charge in [-0.15, -0.1) is 11.8 Å². The maximum Gasteiger partial charge on any atom is 0.255 e. The van der Waals surface area contributed by atoms with Gasteiger partial charge in [-0.1, -0.05) is 54.1 Å². The van der Waals surface area contributed by atoms with Gasteiger partial charge in [0.05, 0.1) is 6.61 Å². The van der Waals surface area contributed by atoms with E-state index in [1.807, 2.05) is 67.6 Å². The summed E-state index contributed by atoms with van der Waals surface area (Å²) in [5, 5.41) is 5.20. The van der Waals surface area contributed by atoms with Crippen molar-refractivity contribution in [3.05, 3.63) is 102 Å². The van der Waals surface area contributed by atoms with Gasteiger partial charge in [-0.2, -0.15) is 0 Å². The summed E-state index contributed by atoms with van der Waals surface area (Å²) in [6.07, 6.45) is 0. The number of carbonyl (C=O) groups is 1. The highest BCUT2D eigenvalue weighted by atomic mass is 32.2. The summed E-state index contributed by atoms with van der Waals surface area (Å²) >= 11 is 1.74. The van der Waals surface area contributed by atoms with Crippen LogP contribution in [-0.2, 0) is 5.75 Å². The van der Waals surface area contributed by atoms with Crippen molar-refractivity contribution < 1.29 is 9.53 Å². The number of fused-ring (bicyclic) bond motifs is 1. The first-order valence-electron chi connectivity index (χ1n) is 10.4. The van der Waals surface area contributed by atoms with E-state index in [2.05, 4.69) is 36.5 Å². The Morgan fingerprint density at radius 2 is 1.71 bits per heavy atom. The summed E-state index contributed by atoms with van der Waals surface area (Å²) in [5.41, 5.74) is 3.69. The second-order valence-corrected chi connectivity index (χ2v) is 8.39. The van der Waals surface area contributed by atoms with Gasteiger partial charge >= 0.3 is 0 Å². The van der Waals surface area contributed by atoms with E-state index in [0.717, 1.165) is 33.5 Å². The van der Waals surface area contributed by atoms with Crippen molar-refractivity contribution in [1.82, 2.24) is 0 Å². The van der Waals surface area contributed by atoms with Gasteiger partial charge in [-0.05, 0) is 55.6 Å². The minimum absolute atomic E-state index is 0.124. The Labute approximate surface area is 187 Å². The first kappa shape index (κ1) is 21.0. The molecule has 0 aromatic heterocycles. The molecule has 4 aromatic carbocycles. The number of rotatable bonds is 7. The molecule has 0 aliphatic carbocycles. The number of thioether (sulfide) groups is 1. The van der Waals surface area contributed by atoms with Crippen LogP contribution in [0.3, 0.4) is 0 Å². The van der Waals surface area contributed by atoms with Crippen LogP contribution >= 0.6 is 11.8 Å². The zero-order valence-electron chi connectivity index (χ0n) is 17.7. The molecule has 156 valence electrons. The van der Waals surface area contributed by atoms with Crippen LogP contribution in [0.15, 0.2) is 89.8 Å². The van der Waals surface area contributed by atoms with E-state index in [1.165, 1.54) is 10.5 Å². The SMILES string of the molecule is CCOc1ccc(C(=O)Nc2cccc3ccccc23)cc1CSc1ccc(C)cc1. The topological polar surface area (TPSA) is 38.3 Å². The highest BCUT2D eigenvalue weighted by Crippen LogP contribution is 2.30. The molecule has 0 spiro atoms. The third-order valence-electron chi connectivity index (χ3n) is 5.08. The van der Waals surface area contributed by atoms with Gasteiger partial charge in [0.25, 0.3) is 5.91 Å². The third-order valence-corrected chi connectivity index (χ3v) is 6.14. The monoisotopic (exact) mass is 427 g/mol. The molecule has 1 amide bonds. The summed E-state index contributed by atoms with van der Waals surface area (Å²) in [4.78, 5) is 14.2. The fourth-order valence-corrected chi connectivity index (χ4v) is 4.33. The third kappa shape index (κ3) is 5.09. The lowest BCUT2D eigenvalue weighted by atomic mass is 10.1. The van der Waals surface area contributed by atoms with Crippen LogP contribution in [-0.4, -0.2) is 12.5 Å². The number of ether oxygens (including phenoxy) is 1. The molecule has 0 unspecified atom stereocenters. The largest absolute Gasteiger partial charge is 0.494 e. The van der Waals surface area contributed by atoms with Crippen molar-refractivity contribution in [1.29, 1.82) is 0 Å². The Morgan fingerprint density at radius 3 is 2.52 bits per heavy atom. The standard InChI is InChI=1S/C27H25NO2S/c1-3-30-26-16-13-21(17-22(26)18-31-23-14-11-19(2)12-15-23)27(29)28-25-10-6-8-20-7-4-5-9-24(20)25/h4-17H,3,18H2,1-2H3,(H,28,29). The summed E-state index contributed by atoms with van der Waals surface area (Å²) in [7, 11) is 0. The molecular formula is C27H25NO2S. The molecule has 0 heterocycles.